The highest BCUT2D eigenvalue weighted by molar-refractivity contribution is 7.91. The summed E-state index contributed by atoms with van der Waals surface area (Å²) in [5.74, 6) is -0.330. The zero-order chi connectivity index (χ0) is 18.3. The maximum absolute atomic E-state index is 13.7. The van der Waals surface area contributed by atoms with Crippen molar-refractivity contribution in [1.82, 2.24) is 15.0 Å². The number of aromatic nitrogens is 3. The molecule has 0 unspecified atom stereocenters. The highest BCUT2D eigenvalue weighted by atomic mass is 32.2. The summed E-state index contributed by atoms with van der Waals surface area (Å²) in [6, 6.07) is 9.27. The van der Waals surface area contributed by atoms with Crippen molar-refractivity contribution in [2.24, 2.45) is 0 Å². The van der Waals surface area contributed by atoms with Gasteiger partial charge in [0.1, 0.15) is 5.82 Å². The fourth-order valence-electron chi connectivity index (χ4n) is 2.94. The van der Waals surface area contributed by atoms with Crippen LogP contribution in [0.15, 0.2) is 58.2 Å². The SMILES string of the molecule is Cc1[nH]c2ccc(F)cc2c1Cc1scnc1S(=O)(=O)c1ccccn1. The minimum Gasteiger partial charge on any atom is -0.358 e. The van der Waals surface area contributed by atoms with Gasteiger partial charge < -0.3 is 4.98 Å². The van der Waals surface area contributed by atoms with Gasteiger partial charge in [-0.2, -0.15) is 0 Å². The van der Waals surface area contributed by atoms with E-state index in [1.807, 2.05) is 6.92 Å². The predicted octanol–water partition coefficient (Wildman–Crippen LogP) is 3.89. The molecule has 0 saturated carbocycles. The molecule has 0 aliphatic rings. The first-order valence-electron chi connectivity index (χ1n) is 7.82. The highest BCUT2D eigenvalue weighted by Crippen LogP contribution is 2.31. The van der Waals surface area contributed by atoms with Crippen LogP contribution in [0.4, 0.5) is 4.39 Å². The molecule has 0 spiro atoms. The van der Waals surface area contributed by atoms with Crippen LogP contribution < -0.4 is 0 Å². The number of aromatic amines is 1. The molecule has 0 aliphatic heterocycles. The molecule has 8 heteroatoms. The average molecular weight is 387 g/mol. The molecular weight excluding hydrogens is 373 g/mol. The molecule has 0 radical (unpaired) electrons. The number of hydrogen-bond acceptors (Lipinski definition) is 5. The van der Waals surface area contributed by atoms with Gasteiger partial charge in [0.2, 0.25) is 9.84 Å². The summed E-state index contributed by atoms with van der Waals surface area (Å²) in [5.41, 5.74) is 4.06. The summed E-state index contributed by atoms with van der Waals surface area (Å²) in [7, 11) is -3.80. The first-order valence-corrected chi connectivity index (χ1v) is 10.2. The topological polar surface area (TPSA) is 75.7 Å². The summed E-state index contributed by atoms with van der Waals surface area (Å²) in [6.45, 7) is 1.89. The number of pyridine rings is 1. The molecule has 0 amide bonds. The van der Waals surface area contributed by atoms with Gasteiger partial charge in [0.15, 0.2) is 10.1 Å². The van der Waals surface area contributed by atoms with E-state index in [0.29, 0.717) is 11.3 Å². The number of nitrogens with one attached hydrogen (secondary N) is 1. The van der Waals surface area contributed by atoms with Crippen molar-refractivity contribution in [1.29, 1.82) is 0 Å². The van der Waals surface area contributed by atoms with Crippen LogP contribution in [-0.4, -0.2) is 23.4 Å². The maximum Gasteiger partial charge on any atom is 0.242 e. The van der Waals surface area contributed by atoms with Gasteiger partial charge in [-0.3, -0.25) is 0 Å². The van der Waals surface area contributed by atoms with Crippen LogP contribution in [0.3, 0.4) is 0 Å². The van der Waals surface area contributed by atoms with Gasteiger partial charge in [-0.25, -0.2) is 22.8 Å². The molecule has 0 aliphatic carbocycles. The lowest BCUT2D eigenvalue weighted by Gasteiger charge is -2.05. The first kappa shape index (κ1) is 16.9. The number of sulfone groups is 1. The largest absolute Gasteiger partial charge is 0.358 e. The van der Waals surface area contributed by atoms with Crippen molar-refractivity contribution in [3.63, 3.8) is 0 Å². The third-order valence-electron chi connectivity index (χ3n) is 4.19. The van der Waals surface area contributed by atoms with Crippen molar-refractivity contribution < 1.29 is 12.8 Å². The Morgan fingerprint density at radius 3 is 2.81 bits per heavy atom. The lowest BCUT2D eigenvalue weighted by atomic mass is 10.1. The van der Waals surface area contributed by atoms with E-state index >= 15 is 0 Å². The Labute approximate surface area is 153 Å². The molecule has 0 bridgehead atoms. The number of benzene rings is 1. The van der Waals surface area contributed by atoms with Crippen molar-refractivity contribution in [3.05, 3.63) is 70.1 Å². The minimum absolute atomic E-state index is 0.00588. The third-order valence-corrected chi connectivity index (χ3v) is 6.81. The lowest BCUT2D eigenvalue weighted by molar-refractivity contribution is 0.588. The van der Waals surface area contributed by atoms with Crippen molar-refractivity contribution in [2.45, 2.75) is 23.4 Å². The second-order valence-electron chi connectivity index (χ2n) is 5.85. The van der Waals surface area contributed by atoms with Gasteiger partial charge in [0.25, 0.3) is 0 Å². The van der Waals surface area contributed by atoms with Gasteiger partial charge in [-0.05, 0) is 42.8 Å². The number of hydrogen-bond donors (Lipinski definition) is 1. The van der Waals surface area contributed by atoms with Crippen LogP contribution >= 0.6 is 11.3 Å². The second kappa shape index (κ2) is 6.30. The minimum atomic E-state index is -3.80. The van der Waals surface area contributed by atoms with Gasteiger partial charge in [-0.1, -0.05) is 6.07 Å². The molecule has 1 N–H and O–H groups in total. The Balaban J connectivity index is 1.80. The normalized spacial score (nSPS) is 11.9. The summed E-state index contributed by atoms with van der Waals surface area (Å²) < 4.78 is 39.4. The molecule has 0 atom stereocenters. The van der Waals surface area contributed by atoms with E-state index < -0.39 is 9.84 Å². The van der Waals surface area contributed by atoms with Crippen LogP contribution in [0.5, 0.6) is 0 Å². The summed E-state index contributed by atoms with van der Waals surface area (Å²) >= 11 is 1.27. The number of thiazole rings is 1. The van der Waals surface area contributed by atoms with Crippen LogP contribution in [0.2, 0.25) is 0 Å². The molecule has 26 heavy (non-hydrogen) atoms. The molecule has 4 rings (SSSR count). The number of aryl methyl sites for hydroxylation is 1. The van der Waals surface area contributed by atoms with Crippen LogP contribution in [0.25, 0.3) is 10.9 Å². The smallest absolute Gasteiger partial charge is 0.242 e. The van der Waals surface area contributed by atoms with Crippen LogP contribution in [0.1, 0.15) is 16.1 Å². The van der Waals surface area contributed by atoms with E-state index in [-0.39, 0.29) is 15.9 Å². The fourth-order valence-corrected chi connectivity index (χ4v) is 5.37. The molecule has 0 fully saturated rings. The standard InChI is InChI=1S/C18H14FN3O2S2/c1-11-13(14-8-12(19)5-6-15(14)22-11)9-16-18(21-10-25-16)26(23,24)17-4-2-3-7-20-17/h2-8,10,22H,9H2,1H3. The molecule has 132 valence electrons. The number of rotatable bonds is 4. The summed E-state index contributed by atoms with van der Waals surface area (Å²) in [5, 5.41) is 0.720. The van der Waals surface area contributed by atoms with E-state index in [9.17, 15) is 12.8 Å². The molecule has 4 aromatic rings. The fraction of sp³-hybridized carbons (Fsp3) is 0.111. The van der Waals surface area contributed by atoms with Gasteiger partial charge in [0, 0.05) is 34.1 Å². The van der Waals surface area contributed by atoms with E-state index in [1.54, 1.807) is 18.2 Å². The number of fused-ring (bicyclic) bond motifs is 1. The molecule has 3 aromatic heterocycles. The Kier molecular flexibility index (Phi) is 4.08. The second-order valence-corrected chi connectivity index (χ2v) is 8.60. The van der Waals surface area contributed by atoms with Gasteiger partial charge in [0.05, 0.1) is 5.51 Å². The lowest BCUT2D eigenvalue weighted by Crippen LogP contribution is -2.07. The Morgan fingerprint density at radius 2 is 2.04 bits per heavy atom. The van der Waals surface area contributed by atoms with Crippen LogP contribution in [-0.2, 0) is 16.3 Å². The molecule has 5 nitrogen and oxygen atoms in total. The molecule has 0 saturated heterocycles. The Hall–Kier alpha value is -2.58. The number of H-pyrrole nitrogens is 1. The van der Waals surface area contributed by atoms with E-state index in [4.69, 9.17) is 0 Å². The molecule has 3 heterocycles. The van der Waals surface area contributed by atoms with Crippen molar-refractivity contribution in [3.8, 4) is 0 Å². The molecular formula is C18H14FN3O2S2. The maximum atomic E-state index is 13.7. The molecule has 1 aromatic carbocycles. The van der Waals surface area contributed by atoms with E-state index in [2.05, 4.69) is 15.0 Å². The van der Waals surface area contributed by atoms with Gasteiger partial charge in [-0.15, -0.1) is 11.3 Å². The summed E-state index contributed by atoms with van der Waals surface area (Å²) in [6.07, 6.45) is 1.78. The predicted molar refractivity (Wildman–Crippen MR) is 97.6 cm³/mol. The highest BCUT2D eigenvalue weighted by Gasteiger charge is 2.26. The first-order chi connectivity index (χ1) is 12.5. The Morgan fingerprint density at radius 1 is 1.19 bits per heavy atom. The Bertz CT molecular complexity index is 1200. The average Bonchev–Trinajstić information content (AvgIpc) is 3.22. The van der Waals surface area contributed by atoms with E-state index in [0.717, 1.165) is 22.2 Å². The van der Waals surface area contributed by atoms with E-state index in [1.165, 1.54) is 41.2 Å². The zero-order valence-electron chi connectivity index (χ0n) is 13.7. The summed E-state index contributed by atoms with van der Waals surface area (Å²) in [4.78, 5) is 11.8. The van der Waals surface area contributed by atoms with Crippen LogP contribution in [0, 0.1) is 12.7 Å². The van der Waals surface area contributed by atoms with Crippen molar-refractivity contribution >= 4 is 32.1 Å². The number of halogens is 1. The quantitative estimate of drug-likeness (QED) is 0.576. The zero-order valence-corrected chi connectivity index (χ0v) is 15.4. The monoisotopic (exact) mass is 387 g/mol. The third kappa shape index (κ3) is 2.81. The van der Waals surface area contributed by atoms with Gasteiger partial charge >= 0.3 is 0 Å². The number of nitrogens with zero attached hydrogens (tertiary/aromatic N) is 2. The van der Waals surface area contributed by atoms with Crippen molar-refractivity contribution in [2.75, 3.05) is 0 Å².